The maximum atomic E-state index is 13.8. The number of benzene rings is 3. The Morgan fingerprint density at radius 2 is 1.65 bits per heavy atom. The van der Waals surface area contributed by atoms with Crippen LogP contribution in [-0.2, 0) is 17.5 Å². The maximum absolute atomic E-state index is 13.8. The fraction of sp³-hybridized carbons (Fsp3) is 0.233. The van der Waals surface area contributed by atoms with E-state index in [-0.39, 0.29) is 29.3 Å². The number of alkyl halides is 3. The van der Waals surface area contributed by atoms with Gasteiger partial charge in [0.1, 0.15) is 17.3 Å². The highest BCUT2D eigenvalue weighted by atomic mass is 19.4. The molecule has 1 aliphatic rings. The van der Waals surface area contributed by atoms with Crippen molar-refractivity contribution in [3.05, 3.63) is 89.6 Å². The quantitative estimate of drug-likeness (QED) is 0.264. The minimum atomic E-state index is -4.53. The Kier molecular flexibility index (Phi) is 7.70. The molecule has 0 saturated carbocycles. The maximum Gasteiger partial charge on any atom is 0.416 e. The van der Waals surface area contributed by atoms with E-state index >= 15 is 0 Å². The zero-order chi connectivity index (χ0) is 28.3. The van der Waals surface area contributed by atoms with E-state index in [1.165, 1.54) is 25.3 Å². The topological polar surface area (TPSA) is 83.6 Å². The predicted octanol–water partition coefficient (Wildman–Crippen LogP) is 6.85. The third-order valence-electron chi connectivity index (χ3n) is 6.61. The second-order valence-electron chi connectivity index (χ2n) is 9.69. The van der Waals surface area contributed by atoms with Crippen LogP contribution in [0, 0.1) is 0 Å². The smallest absolute Gasteiger partial charge is 0.416 e. The number of fused-ring (bicyclic) bond motifs is 1. The van der Waals surface area contributed by atoms with Gasteiger partial charge >= 0.3 is 6.18 Å². The number of rotatable bonds is 7. The molecule has 206 valence electrons. The van der Waals surface area contributed by atoms with E-state index < -0.39 is 17.6 Å². The number of ether oxygens (including phenoxy) is 1. The molecule has 1 aliphatic heterocycles. The van der Waals surface area contributed by atoms with Crippen molar-refractivity contribution in [2.75, 3.05) is 23.7 Å². The lowest BCUT2D eigenvalue weighted by Crippen LogP contribution is -2.21. The Morgan fingerprint density at radius 1 is 0.900 bits per heavy atom. The minimum absolute atomic E-state index is 0.0762. The summed E-state index contributed by atoms with van der Waals surface area (Å²) in [6.07, 6.45) is -1.06. The second kappa shape index (κ2) is 11.4. The van der Waals surface area contributed by atoms with E-state index in [1.807, 2.05) is 11.0 Å². The third-order valence-corrected chi connectivity index (χ3v) is 6.61. The van der Waals surface area contributed by atoms with Gasteiger partial charge in [-0.05, 0) is 84.7 Å². The lowest BCUT2D eigenvalue weighted by atomic mass is 10.0. The van der Waals surface area contributed by atoms with Gasteiger partial charge in [-0.3, -0.25) is 14.5 Å². The zero-order valence-corrected chi connectivity index (χ0v) is 21.7. The molecular weight excluding hydrogens is 521 g/mol. The second-order valence-corrected chi connectivity index (χ2v) is 9.69. The van der Waals surface area contributed by atoms with Crippen LogP contribution in [0.5, 0.6) is 11.5 Å². The van der Waals surface area contributed by atoms with Gasteiger partial charge in [0.2, 0.25) is 5.91 Å². The molecule has 0 radical (unpaired) electrons. The van der Waals surface area contributed by atoms with Crippen LogP contribution in [0.1, 0.15) is 41.3 Å². The lowest BCUT2D eigenvalue weighted by molar-refractivity contribution is -0.138. The summed E-state index contributed by atoms with van der Waals surface area (Å²) in [7, 11) is 0. The van der Waals surface area contributed by atoms with Crippen molar-refractivity contribution < 1.29 is 27.5 Å². The van der Waals surface area contributed by atoms with Crippen LogP contribution in [0.4, 0.5) is 24.7 Å². The molecule has 4 aromatic rings. The largest absolute Gasteiger partial charge is 0.457 e. The van der Waals surface area contributed by atoms with E-state index in [0.717, 1.165) is 37.4 Å². The normalized spacial score (nSPS) is 13.8. The molecule has 5 rings (SSSR count). The third kappa shape index (κ3) is 6.58. The predicted molar refractivity (Wildman–Crippen MR) is 146 cm³/mol. The number of amides is 2. The molecule has 1 saturated heterocycles. The Labute approximate surface area is 229 Å². The molecule has 1 fully saturated rings. The van der Waals surface area contributed by atoms with Crippen molar-refractivity contribution in [1.29, 1.82) is 0 Å². The molecule has 0 bridgehead atoms. The Morgan fingerprint density at radius 3 is 2.40 bits per heavy atom. The molecule has 2 heterocycles. The monoisotopic (exact) mass is 548 g/mol. The summed E-state index contributed by atoms with van der Waals surface area (Å²) < 4.78 is 47.4. The average molecular weight is 549 g/mol. The summed E-state index contributed by atoms with van der Waals surface area (Å²) in [6.45, 7) is 3.18. The highest BCUT2D eigenvalue weighted by Crippen LogP contribution is 2.35. The highest BCUT2D eigenvalue weighted by Gasteiger charge is 2.34. The molecule has 3 aromatic carbocycles. The van der Waals surface area contributed by atoms with Crippen LogP contribution in [0.2, 0.25) is 0 Å². The van der Waals surface area contributed by atoms with E-state index in [9.17, 15) is 22.8 Å². The van der Waals surface area contributed by atoms with Crippen molar-refractivity contribution in [2.45, 2.75) is 32.5 Å². The average Bonchev–Trinajstić information content (AvgIpc) is 3.41. The molecule has 2 amide bonds. The number of carbonyl (C=O) groups is 2. The van der Waals surface area contributed by atoms with Crippen LogP contribution in [0.3, 0.4) is 0 Å². The summed E-state index contributed by atoms with van der Waals surface area (Å²) in [5.41, 5.74) is -0.178. The molecule has 0 aliphatic carbocycles. The van der Waals surface area contributed by atoms with Gasteiger partial charge in [0.25, 0.3) is 5.91 Å². The van der Waals surface area contributed by atoms with Gasteiger partial charge in [-0.15, -0.1) is 0 Å². The first kappa shape index (κ1) is 27.1. The van der Waals surface area contributed by atoms with E-state index in [2.05, 4.69) is 15.6 Å². The molecular formula is C30H27F3N4O3. The van der Waals surface area contributed by atoms with Crippen molar-refractivity contribution in [3.63, 3.8) is 0 Å². The number of halogens is 3. The number of nitrogens with one attached hydrogen (secondary N) is 2. The number of likely N-dealkylation sites (tertiary alicyclic amines) is 1. The summed E-state index contributed by atoms with van der Waals surface area (Å²) in [5.74, 6) is 0.521. The molecule has 7 nitrogen and oxygen atoms in total. The minimum Gasteiger partial charge on any atom is -0.457 e. The summed E-state index contributed by atoms with van der Waals surface area (Å²) in [4.78, 5) is 30.4. The lowest BCUT2D eigenvalue weighted by Gasteiger charge is -2.20. The van der Waals surface area contributed by atoms with Gasteiger partial charge in [-0.25, -0.2) is 4.98 Å². The molecule has 0 spiro atoms. The Balaban J connectivity index is 1.34. The fourth-order valence-corrected chi connectivity index (χ4v) is 4.73. The number of carbonyl (C=O) groups excluding carboxylic acids is 2. The SMILES string of the molecule is CC(=O)Nc1cc(Oc2ccc3ccc(C(=O)Nc4ccc(CN5CCCC5)c(C(F)(F)F)c4)cc3c2)ccn1. The van der Waals surface area contributed by atoms with Gasteiger partial charge in [0, 0.05) is 37.0 Å². The number of anilines is 2. The van der Waals surface area contributed by atoms with Gasteiger partial charge in [0.05, 0.1) is 5.56 Å². The number of aromatic nitrogens is 1. The van der Waals surface area contributed by atoms with Gasteiger partial charge < -0.3 is 15.4 Å². The highest BCUT2D eigenvalue weighted by molar-refractivity contribution is 6.06. The van der Waals surface area contributed by atoms with Gasteiger partial charge in [-0.2, -0.15) is 13.2 Å². The molecule has 2 N–H and O–H groups in total. The molecule has 0 atom stereocenters. The summed E-state index contributed by atoms with van der Waals surface area (Å²) in [6, 6.07) is 17.6. The first-order valence-corrected chi connectivity index (χ1v) is 12.8. The number of hydrogen-bond acceptors (Lipinski definition) is 5. The zero-order valence-electron chi connectivity index (χ0n) is 21.7. The Hall–Kier alpha value is -4.44. The van der Waals surface area contributed by atoms with Crippen molar-refractivity contribution >= 4 is 34.1 Å². The number of pyridine rings is 1. The summed E-state index contributed by atoms with van der Waals surface area (Å²) in [5, 5.41) is 6.76. The number of hydrogen-bond donors (Lipinski definition) is 2. The van der Waals surface area contributed by atoms with E-state index in [1.54, 1.807) is 42.5 Å². The number of nitrogens with zero attached hydrogens (tertiary/aromatic N) is 2. The van der Waals surface area contributed by atoms with E-state index in [0.29, 0.717) is 22.7 Å². The van der Waals surface area contributed by atoms with Crippen LogP contribution >= 0.6 is 0 Å². The van der Waals surface area contributed by atoms with Crippen LogP contribution in [-0.4, -0.2) is 34.8 Å². The Bertz CT molecular complexity index is 1570. The van der Waals surface area contributed by atoms with Crippen LogP contribution < -0.4 is 15.4 Å². The van der Waals surface area contributed by atoms with Gasteiger partial charge in [0.15, 0.2) is 0 Å². The molecule has 0 unspecified atom stereocenters. The standard InChI is InChI=1S/C30H27F3N4O3/c1-19(38)35-28-17-26(10-11-34-28)40-25-9-7-20-4-5-21(14-23(20)15-25)29(39)36-24-8-6-22(18-37-12-2-3-13-37)27(16-24)30(31,32)33/h4-11,14-17H,2-3,12-13,18H2,1H3,(H,36,39)(H,34,35,38). The first-order chi connectivity index (χ1) is 19.1. The first-order valence-electron chi connectivity index (χ1n) is 12.8. The van der Waals surface area contributed by atoms with Gasteiger partial charge in [-0.1, -0.05) is 18.2 Å². The van der Waals surface area contributed by atoms with Crippen LogP contribution in [0.25, 0.3) is 10.8 Å². The van der Waals surface area contributed by atoms with Crippen molar-refractivity contribution in [3.8, 4) is 11.5 Å². The summed E-state index contributed by atoms with van der Waals surface area (Å²) >= 11 is 0. The van der Waals surface area contributed by atoms with Crippen molar-refractivity contribution in [1.82, 2.24) is 9.88 Å². The van der Waals surface area contributed by atoms with E-state index in [4.69, 9.17) is 4.74 Å². The fourth-order valence-electron chi connectivity index (χ4n) is 4.73. The molecule has 40 heavy (non-hydrogen) atoms. The van der Waals surface area contributed by atoms with Crippen molar-refractivity contribution in [2.24, 2.45) is 0 Å². The molecule has 1 aromatic heterocycles. The molecule has 10 heteroatoms. The van der Waals surface area contributed by atoms with Crippen LogP contribution in [0.15, 0.2) is 72.9 Å².